The molecule has 0 saturated heterocycles. The van der Waals surface area contributed by atoms with E-state index in [0.717, 1.165) is 10.6 Å². The van der Waals surface area contributed by atoms with Crippen LogP contribution in [0.5, 0.6) is 0 Å². The van der Waals surface area contributed by atoms with E-state index in [1.807, 2.05) is 30.0 Å². The quantitative estimate of drug-likeness (QED) is 0.662. The zero-order valence-corrected chi connectivity index (χ0v) is 6.06. The number of thiazole rings is 1. The molecule has 1 N–H and O–H groups in total. The van der Waals surface area contributed by atoms with Crippen LogP contribution in [0.15, 0.2) is 30.0 Å². The number of rotatable bonds is 1. The standard InChI is InChI=1S/C7H6N2S/c1-2-8-5-6(1)7-9-3-4-10-7/h1-5,8H. The van der Waals surface area contributed by atoms with E-state index in [1.165, 1.54) is 0 Å². The molecule has 3 heteroatoms. The molecule has 0 aliphatic heterocycles. The van der Waals surface area contributed by atoms with Crippen LogP contribution in [0.25, 0.3) is 10.6 Å². The topological polar surface area (TPSA) is 28.7 Å². The summed E-state index contributed by atoms with van der Waals surface area (Å²) in [7, 11) is 0. The fourth-order valence-electron chi connectivity index (χ4n) is 0.823. The molecule has 0 spiro atoms. The highest BCUT2D eigenvalue weighted by Crippen LogP contribution is 2.19. The van der Waals surface area contributed by atoms with Gasteiger partial charge < -0.3 is 4.98 Å². The van der Waals surface area contributed by atoms with Gasteiger partial charge in [0.25, 0.3) is 0 Å². The van der Waals surface area contributed by atoms with Crippen molar-refractivity contribution in [3.63, 3.8) is 0 Å². The number of hydrogen-bond donors (Lipinski definition) is 1. The van der Waals surface area contributed by atoms with Gasteiger partial charge in [-0.05, 0) is 6.07 Å². The summed E-state index contributed by atoms with van der Waals surface area (Å²) in [5, 5.41) is 3.05. The second-order valence-electron chi connectivity index (χ2n) is 1.94. The number of aromatic nitrogens is 2. The Morgan fingerprint density at radius 3 is 3.10 bits per heavy atom. The fourth-order valence-corrected chi connectivity index (χ4v) is 1.46. The summed E-state index contributed by atoms with van der Waals surface area (Å²) < 4.78 is 0. The summed E-state index contributed by atoms with van der Waals surface area (Å²) >= 11 is 1.65. The summed E-state index contributed by atoms with van der Waals surface area (Å²) in [4.78, 5) is 7.14. The van der Waals surface area contributed by atoms with Crippen molar-refractivity contribution in [2.24, 2.45) is 0 Å². The molecule has 0 amide bonds. The highest BCUT2D eigenvalue weighted by molar-refractivity contribution is 7.13. The van der Waals surface area contributed by atoms with Gasteiger partial charge in [0.05, 0.1) is 0 Å². The average Bonchev–Trinajstić information content (AvgIpc) is 2.59. The molecule has 0 atom stereocenters. The van der Waals surface area contributed by atoms with Crippen molar-refractivity contribution < 1.29 is 0 Å². The van der Waals surface area contributed by atoms with Gasteiger partial charge in [-0.15, -0.1) is 11.3 Å². The first-order valence-electron chi connectivity index (χ1n) is 2.99. The SMILES string of the molecule is c1csc(-c2cc[nH]c2)n1. The summed E-state index contributed by atoms with van der Waals surface area (Å²) in [6.45, 7) is 0. The van der Waals surface area contributed by atoms with Crippen LogP contribution in [0.4, 0.5) is 0 Å². The summed E-state index contributed by atoms with van der Waals surface area (Å²) in [5.41, 5.74) is 1.16. The molecule has 2 heterocycles. The van der Waals surface area contributed by atoms with Crippen LogP contribution in [0.3, 0.4) is 0 Å². The van der Waals surface area contributed by atoms with Gasteiger partial charge in [0, 0.05) is 29.5 Å². The Kier molecular flexibility index (Phi) is 1.29. The molecule has 50 valence electrons. The molecule has 0 radical (unpaired) electrons. The molecule has 10 heavy (non-hydrogen) atoms. The molecule has 0 unspecified atom stereocenters. The van der Waals surface area contributed by atoms with Gasteiger partial charge in [-0.2, -0.15) is 0 Å². The lowest BCUT2D eigenvalue weighted by Gasteiger charge is -1.83. The van der Waals surface area contributed by atoms with Crippen LogP contribution in [-0.2, 0) is 0 Å². The van der Waals surface area contributed by atoms with Crippen molar-refractivity contribution in [3.05, 3.63) is 30.0 Å². The van der Waals surface area contributed by atoms with Crippen LogP contribution in [-0.4, -0.2) is 9.97 Å². The summed E-state index contributed by atoms with van der Waals surface area (Å²) in [6.07, 6.45) is 5.66. The Labute approximate surface area is 62.6 Å². The van der Waals surface area contributed by atoms with Gasteiger partial charge in [0.15, 0.2) is 0 Å². The molecular formula is C7H6N2S. The number of aromatic amines is 1. The molecule has 0 aliphatic rings. The van der Waals surface area contributed by atoms with Crippen LogP contribution in [0, 0.1) is 0 Å². The highest BCUT2D eigenvalue weighted by atomic mass is 32.1. The zero-order valence-electron chi connectivity index (χ0n) is 5.24. The van der Waals surface area contributed by atoms with E-state index in [4.69, 9.17) is 0 Å². The van der Waals surface area contributed by atoms with E-state index < -0.39 is 0 Å². The second-order valence-corrected chi connectivity index (χ2v) is 2.83. The third kappa shape index (κ3) is 0.844. The Morgan fingerprint density at radius 1 is 1.50 bits per heavy atom. The Bertz CT molecular complexity index is 251. The average molecular weight is 150 g/mol. The predicted octanol–water partition coefficient (Wildman–Crippen LogP) is 2.14. The molecule has 2 nitrogen and oxygen atoms in total. The number of hydrogen-bond acceptors (Lipinski definition) is 2. The van der Waals surface area contributed by atoms with Gasteiger partial charge >= 0.3 is 0 Å². The first-order chi connectivity index (χ1) is 4.97. The minimum absolute atomic E-state index is 1.07. The monoisotopic (exact) mass is 150 g/mol. The maximum absolute atomic E-state index is 4.16. The van der Waals surface area contributed by atoms with E-state index in [-0.39, 0.29) is 0 Å². The number of nitrogens with one attached hydrogen (secondary N) is 1. The Balaban J connectivity index is 2.48. The van der Waals surface area contributed by atoms with Gasteiger partial charge in [-0.25, -0.2) is 4.98 Å². The highest BCUT2D eigenvalue weighted by Gasteiger charge is 1.97. The third-order valence-corrected chi connectivity index (χ3v) is 2.10. The maximum Gasteiger partial charge on any atom is 0.124 e. The molecule has 2 aromatic heterocycles. The Hall–Kier alpha value is -1.09. The molecular weight excluding hydrogens is 144 g/mol. The van der Waals surface area contributed by atoms with Crippen LogP contribution >= 0.6 is 11.3 Å². The lowest BCUT2D eigenvalue weighted by molar-refractivity contribution is 1.39. The first-order valence-corrected chi connectivity index (χ1v) is 3.87. The van der Waals surface area contributed by atoms with Crippen LogP contribution in [0.1, 0.15) is 0 Å². The summed E-state index contributed by atoms with van der Waals surface area (Å²) in [5.74, 6) is 0. The van der Waals surface area contributed by atoms with Gasteiger partial charge in [0.1, 0.15) is 5.01 Å². The van der Waals surface area contributed by atoms with E-state index in [9.17, 15) is 0 Å². The minimum atomic E-state index is 1.07. The van der Waals surface area contributed by atoms with Crippen molar-refractivity contribution in [1.82, 2.24) is 9.97 Å². The van der Waals surface area contributed by atoms with E-state index in [0.29, 0.717) is 0 Å². The van der Waals surface area contributed by atoms with Crippen molar-refractivity contribution in [1.29, 1.82) is 0 Å². The zero-order chi connectivity index (χ0) is 6.81. The van der Waals surface area contributed by atoms with Gasteiger partial charge in [-0.1, -0.05) is 0 Å². The second kappa shape index (κ2) is 2.27. The molecule has 0 bridgehead atoms. The maximum atomic E-state index is 4.16. The van der Waals surface area contributed by atoms with E-state index in [1.54, 1.807) is 11.3 Å². The van der Waals surface area contributed by atoms with Crippen molar-refractivity contribution in [2.45, 2.75) is 0 Å². The number of nitrogens with zero attached hydrogens (tertiary/aromatic N) is 1. The molecule has 2 rings (SSSR count). The molecule has 0 aliphatic carbocycles. The summed E-state index contributed by atoms with van der Waals surface area (Å²) in [6, 6.07) is 2.01. The molecule has 0 fully saturated rings. The predicted molar refractivity (Wildman–Crippen MR) is 41.9 cm³/mol. The third-order valence-electron chi connectivity index (χ3n) is 1.28. The minimum Gasteiger partial charge on any atom is -0.367 e. The van der Waals surface area contributed by atoms with E-state index in [2.05, 4.69) is 9.97 Å². The first kappa shape index (κ1) is 5.68. The van der Waals surface area contributed by atoms with Crippen LogP contribution < -0.4 is 0 Å². The van der Waals surface area contributed by atoms with Crippen molar-refractivity contribution in [3.8, 4) is 10.6 Å². The lowest BCUT2D eigenvalue weighted by atomic mass is 10.4. The van der Waals surface area contributed by atoms with Gasteiger partial charge in [0.2, 0.25) is 0 Å². The molecule has 0 saturated carbocycles. The fraction of sp³-hybridized carbons (Fsp3) is 0. The molecule has 2 aromatic rings. The number of H-pyrrole nitrogens is 1. The molecule has 0 aromatic carbocycles. The smallest absolute Gasteiger partial charge is 0.124 e. The lowest BCUT2D eigenvalue weighted by Crippen LogP contribution is -1.66. The van der Waals surface area contributed by atoms with Crippen molar-refractivity contribution >= 4 is 11.3 Å². The largest absolute Gasteiger partial charge is 0.367 e. The van der Waals surface area contributed by atoms with Crippen LogP contribution in [0.2, 0.25) is 0 Å². The van der Waals surface area contributed by atoms with E-state index >= 15 is 0 Å². The normalized spacial score (nSPS) is 10.0. The Morgan fingerprint density at radius 2 is 2.50 bits per heavy atom. The van der Waals surface area contributed by atoms with Gasteiger partial charge in [-0.3, -0.25) is 0 Å². The van der Waals surface area contributed by atoms with Crippen molar-refractivity contribution in [2.75, 3.05) is 0 Å².